The van der Waals surface area contributed by atoms with Crippen molar-refractivity contribution in [1.29, 1.82) is 0 Å². The lowest BCUT2D eigenvalue weighted by molar-refractivity contribution is -0.134. The van der Waals surface area contributed by atoms with E-state index in [1.165, 1.54) is 6.92 Å². The van der Waals surface area contributed by atoms with E-state index in [0.717, 1.165) is 4.90 Å². The highest BCUT2D eigenvalue weighted by Crippen LogP contribution is 2.22. The van der Waals surface area contributed by atoms with E-state index < -0.39 is 23.8 Å². The molecule has 1 aliphatic heterocycles. The Bertz CT molecular complexity index is 568. The molecule has 1 aliphatic rings. The molecule has 0 spiro atoms. The van der Waals surface area contributed by atoms with Gasteiger partial charge in [-0.3, -0.25) is 14.9 Å². The lowest BCUT2D eigenvalue weighted by atomic mass is 9.97. The summed E-state index contributed by atoms with van der Waals surface area (Å²) in [6.07, 6.45) is 0.233. The van der Waals surface area contributed by atoms with Gasteiger partial charge in [0.2, 0.25) is 11.8 Å². The highest BCUT2D eigenvalue weighted by Gasteiger charge is 2.40. The Hall–Kier alpha value is -2.50. The molecule has 6 heteroatoms. The Balaban J connectivity index is 2.25. The summed E-state index contributed by atoms with van der Waals surface area (Å²) in [5, 5.41) is 2.15. The molecule has 4 amide bonds. The minimum atomic E-state index is -1.00. The third-order valence-electron chi connectivity index (χ3n) is 3.07. The molecule has 1 saturated heterocycles. The zero-order valence-electron chi connectivity index (χ0n) is 11.0. The maximum absolute atomic E-state index is 12.3. The largest absolute Gasteiger partial charge is 0.335 e. The number of rotatable bonds is 4. The number of ketones is 1. The fourth-order valence-electron chi connectivity index (χ4n) is 2.04. The minimum Gasteiger partial charge on any atom is -0.300 e. The van der Waals surface area contributed by atoms with Crippen LogP contribution in [0.25, 0.3) is 0 Å². The number of nitrogens with zero attached hydrogens (tertiary/aromatic N) is 1. The van der Waals surface area contributed by atoms with Gasteiger partial charge in [-0.25, -0.2) is 9.69 Å². The fraction of sp³-hybridized carbons (Fsp3) is 0.286. The molecule has 2 rings (SSSR count). The van der Waals surface area contributed by atoms with E-state index in [1.807, 2.05) is 0 Å². The van der Waals surface area contributed by atoms with Gasteiger partial charge in [0.1, 0.15) is 11.7 Å². The van der Waals surface area contributed by atoms with E-state index in [-0.39, 0.29) is 18.6 Å². The molecule has 104 valence electrons. The average Bonchev–Trinajstić information content (AvgIpc) is 2.38. The Labute approximate surface area is 115 Å². The smallest absolute Gasteiger partial charge is 0.300 e. The number of Topliss-reactive ketones (excluding diaryl/α,β-unsaturated/α-hetero) is 1. The molecule has 0 aliphatic carbocycles. The van der Waals surface area contributed by atoms with E-state index in [4.69, 9.17) is 0 Å². The second-order valence-corrected chi connectivity index (χ2v) is 4.60. The second kappa shape index (κ2) is 5.64. The Morgan fingerprint density at radius 2 is 1.85 bits per heavy atom. The number of carbonyl (C=O) groups is 4. The van der Waals surface area contributed by atoms with Gasteiger partial charge in [-0.05, 0) is 25.5 Å². The average molecular weight is 274 g/mol. The summed E-state index contributed by atoms with van der Waals surface area (Å²) in [7, 11) is 0. The van der Waals surface area contributed by atoms with Crippen molar-refractivity contribution in [2.45, 2.75) is 19.8 Å². The molecule has 1 fully saturated rings. The van der Waals surface area contributed by atoms with Crippen molar-refractivity contribution < 1.29 is 19.2 Å². The van der Waals surface area contributed by atoms with Crippen LogP contribution in [0.4, 0.5) is 10.5 Å². The van der Waals surface area contributed by atoms with Crippen LogP contribution in [-0.4, -0.2) is 23.6 Å². The summed E-state index contributed by atoms with van der Waals surface area (Å²) < 4.78 is 0. The van der Waals surface area contributed by atoms with Gasteiger partial charge in [-0.2, -0.15) is 0 Å². The zero-order chi connectivity index (χ0) is 14.7. The van der Waals surface area contributed by atoms with Crippen molar-refractivity contribution in [3.05, 3.63) is 30.3 Å². The first-order valence-corrected chi connectivity index (χ1v) is 6.24. The number of imide groups is 2. The molecular formula is C14H14N2O4. The molecule has 6 nitrogen and oxygen atoms in total. The normalized spacial score (nSPS) is 18.9. The lowest BCUT2D eigenvalue weighted by Gasteiger charge is -2.29. The summed E-state index contributed by atoms with van der Waals surface area (Å²) in [5.41, 5.74) is 0.398. The van der Waals surface area contributed by atoms with Gasteiger partial charge in [-0.15, -0.1) is 0 Å². The molecule has 0 aromatic heterocycles. The van der Waals surface area contributed by atoms with Crippen molar-refractivity contribution in [1.82, 2.24) is 5.32 Å². The van der Waals surface area contributed by atoms with E-state index in [2.05, 4.69) is 5.32 Å². The number of carbonyl (C=O) groups excluding carboxylic acids is 4. The third kappa shape index (κ3) is 2.74. The van der Waals surface area contributed by atoms with E-state index in [0.29, 0.717) is 5.69 Å². The van der Waals surface area contributed by atoms with Crippen LogP contribution in [0.5, 0.6) is 0 Å². The summed E-state index contributed by atoms with van der Waals surface area (Å²) in [5.74, 6) is -2.34. The lowest BCUT2D eigenvalue weighted by Crippen LogP contribution is -2.58. The first-order chi connectivity index (χ1) is 9.50. The highest BCUT2D eigenvalue weighted by molar-refractivity contribution is 6.27. The zero-order valence-corrected chi connectivity index (χ0v) is 11.0. The molecule has 1 unspecified atom stereocenters. The van der Waals surface area contributed by atoms with Crippen LogP contribution in [0.3, 0.4) is 0 Å². The van der Waals surface area contributed by atoms with Crippen molar-refractivity contribution in [3.8, 4) is 0 Å². The van der Waals surface area contributed by atoms with Gasteiger partial charge in [0.15, 0.2) is 0 Å². The SMILES string of the molecule is CC(=O)CCC1C(=O)NC(=O)N(c2ccccc2)C1=O. The molecule has 1 N–H and O–H groups in total. The number of barbiturate groups is 1. The molecule has 0 saturated carbocycles. The molecule has 20 heavy (non-hydrogen) atoms. The predicted molar refractivity (Wildman–Crippen MR) is 70.9 cm³/mol. The Kier molecular flexibility index (Phi) is 3.93. The summed E-state index contributed by atoms with van der Waals surface area (Å²) in [6.45, 7) is 1.39. The van der Waals surface area contributed by atoms with Gasteiger partial charge < -0.3 is 4.79 Å². The maximum atomic E-state index is 12.3. The fourth-order valence-corrected chi connectivity index (χ4v) is 2.04. The first-order valence-electron chi connectivity index (χ1n) is 6.24. The first kappa shape index (κ1) is 13.9. The summed E-state index contributed by atoms with van der Waals surface area (Å²) in [4.78, 5) is 47.7. The Morgan fingerprint density at radius 1 is 1.20 bits per heavy atom. The van der Waals surface area contributed by atoms with E-state index in [9.17, 15) is 19.2 Å². The molecule has 1 aromatic rings. The quantitative estimate of drug-likeness (QED) is 0.838. The number of para-hydroxylation sites is 1. The van der Waals surface area contributed by atoms with Crippen LogP contribution < -0.4 is 10.2 Å². The van der Waals surface area contributed by atoms with Crippen LogP contribution in [0.1, 0.15) is 19.8 Å². The molecule has 1 aromatic carbocycles. The van der Waals surface area contributed by atoms with Gasteiger partial charge in [0.05, 0.1) is 5.69 Å². The number of urea groups is 1. The van der Waals surface area contributed by atoms with Crippen molar-refractivity contribution in [2.24, 2.45) is 5.92 Å². The van der Waals surface area contributed by atoms with Gasteiger partial charge in [-0.1, -0.05) is 18.2 Å². The van der Waals surface area contributed by atoms with Crippen LogP contribution in [0.15, 0.2) is 30.3 Å². The topological polar surface area (TPSA) is 83.6 Å². The number of amides is 4. The Morgan fingerprint density at radius 3 is 2.45 bits per heavy atom. The predicted octanol–water partition coefficient (Wildman–Crippen LogP) is 1.25. The van der Waals surface area contributed by atoms with Crippen LogP contribution in [0.2, 0.25) is 0 Å². The molecule has 0 radical (unpaired) electrons. The van der Waals surface area contributed by atoms with Crippen molar-refractivity contribution >= 4 is 29.3 Å². The monoisotopic (exact) mass is 274 g/mol. The number of hydrogen-bond acceptors (Lipinski definition) is 4. The molecule has 0 bridgehead atoms. The van der Waals surface area contributed by atoms with Gasteiger partial charge in [0.25, 0.3) is 0 Å². The van der Waals surface area contributed by atoms with Crippen molar-refractivity contribution in [3.63, 3.8) is 0 Å². The molecular weight excluding hydrogens is 260 g/mol. The molecule has 1 atom stereocenters. The van der Waals surface area contributed by atoms with E-state index >= 15 is 0 Å². The number of benzene rings is 1. The van der Waals surface area contributed by atoms with Crippen molar-refractivity contribution in [2.75, 3.05) is 4.90 Å². The van der Waals surface area contributed by atoms with Crippen LogP contribution in [0, 0.1) is 5.92 Å². The summed E-state index contributed by atoms with van der Waals surface area (Å²) in [6, 6.07) is 7.59. The highest BCUT2D eigenvalue weighted by atomic mass is 16.2. The van der Waals surface area contributed by atoms with E-state index in [1.54, 1.807) is 30.3 Å². The van der Waals surface area contributed by atoms with Gasteiger partial charge >= 0.3 is 6.03 Å². The minimum absolute atomic E-state index is 0.103. The number of anilines is 1. The van der Waals surface area contributed by atoms with Crippen LogP contribution >= 0.6 is 0 Å². The van der Waals surface area contributed by atoms with Crippen LogP contribution in [-0.2, 0) is 14.4 Å². The third-order valence-corrected chi connectivity index (χ3v) is 3.07. The second-order valence-electron chi connectivity index (χ2n) is 4.60. The number of nitrogens with one attached hydrogen (secondary N) is 1. The maximum Gasteiger partial charge on any atom is 0.335 e. The summed E-state index contributed by atoms with van der Waals surface area (Å²) >= 11 is 0. The standard InChI is InChI=1S/C14H14N2O4/c1-9(17)7-8-11-12(18)15-14(20)16(13(11)19)10-5-3-2-4-6-10/h2-6,11H,7-8H2,1H3,(H,15,18,20). The van der Waals surface area contributed by atoms with Gasteiger partial charge in [0, 0.05) is 6.42 Å². The number of hydrogen-bond donors (Lipinski definition) is 1. The molecule has 1 heterocycles.